The van der Waals surface area contributed by atoms with E-state index in [4.69, 9.17) is 13.6 Å². The lowest BCUT2D eigenvalue weighted by Crippen LogP contribution is -2.55. The van der Waals surface area contributed by atoms with Crippen molar-refractivity contribution in [3.05, 3.63) is 34.0 Å². The van der Waals surface area contributed by atoms with E-state index in [9.17, 15) is 15.0 Å². The molecule has 6 nitrogen and oxygen atoms in total. The molecule has 1 heterocycles. The number of Topliss-reactive ketones (excluding diaryl/α,β-unsaturated/α-hetero) is 1. The average molecular weight is 677 g/mol. The molecule has 1 aliphatic heterocycles. The zero-order chi connectivity index (χ0) is 29.1. The van der Waals surface area contributed by atoms with Crippen LogP contribution < -0.4 is 0 Å². The van der Waals surface area contributed by atoms with Crippen LogP contribution in [0.25, 0.3) is 0 Å². The Balaban J connectivity index is 2.11. The standard InChI is InChI=1S/C29H49IO6Si2/c1-19-15-22-23(31)21(25(33)29(13-12-14-30)27(5,6)35-29)16-20(18-34-38(10,11)26(2,3)4)17-28(22,24(19)32)36-37(7,8)9/h12,14,16,21-22,24-25,32-33H,1,13,15,17-18H2,2-11H3/b14-12-/t21-,22+,24-,25-,28-,29+/m1/s1. The Kier molecular flexibility index (Phi) is 9.03. The van der Waals surface area contributed by atoms with Crippen LogP contribution in [0.15, 0.2) is 34.0 Å². The van der Waals surface area contributed by atoms with Crippen LogP contribution in [0.1, 0.15) is 53.9 Å². The van der Waals surface area contributed by atoms with Gasteiger partial charge in [-0.2, -0.15) is 0 Å². The largest absolute Gasteiger partial charge is 0.413 e. The molecule has 0 unspecified atom stereocenters. The number of hydrogen-bond acceptors (Lipinski definition) is 6. The highest BCUT2D eigenvalue weighted by Crippen LogP contribution is 2.57. The molecule has 1 saturated carbocycles. The van der Waals surface area contributed by atoms with Crippen molar-refractivity contribution in [2.45, 2.75) is 121 Å². The minimum absolute atomic E-state index is 0.0188. The molecule has 0 spiro atoms. The number of hydrogen-bond donors (Lipinski definition) is 2. The number of epoxide rings is 1. The number of aliphatic hydroxyl groups excluding tert-OH is 2. The minimum atomic E-state index is -2.21. The van der Waals surface area contributed by atoms with Crippen LogP contribution in [-0.2, 0) is 18.4 Å². The number of carbonyl (C=O) groups excluding carboxylic acids is 1. The normalized spacial score (nSPS) is 34.8. The lowest BCUT2D eigenvalue weighted by Gasteiger charge is -2.43. The molecule has 2 aliphatic carbocycles. The minimum Gasteiger partial charge on any atom is -0.413 e. The molecular formula is C29H49IO6Si2. The first-order chi connectivity index (χ1) is 17.1. The van der Waals surface area contributed by atoms with Crippen LogP contribution in [0.4, 0.5) is 0 Å². The van der Waals surface area contributed by atoms with Crippen LogP contribution in [0.3, 0.4) is 0 Å². The van der Waals surface area contributed by atoms with Gasteiger partial charge in [-0.1, -0.05) is 62.1 Å². The lowest BCUT2D eigenvalue weighted by atomic mass is 9.75. The van der Waals surface area contributed by atoms with Gasteiger partial charge in [0.1, 0.15) is 17.5 Å². The molecule has 3 aliphatic rings. The van der Waals surface area contributed by atoms with Crippen LogP contribution in [-0.4, -0.2) is 68.2 Å². The van der Waals surface area contributed by atoms with Gasteiger partial charge in [0.25, 0.3) is 0 Å². The van der Waals surface area contributed by atoms with Crippen molar-refractivity contribution in [1.82, 2.24) is 0 Å². The van der Waals surface area contributed by atoms with Gasteiger partial charge >= 0.3 is 0 Å². The monoisotopic (exact) mass is 676 g/mol. The van der Waals surface area contributed by atoms with Gasteiger partial charge < -0.3 is 23.8 Å². The summed E-state index contributed by atoms with van der Waals surface area (Å²) >= 11 is 2.16. The van der Waals surface area contributed by atoms with Gasteiger partial charge in [-0.05, 0) is 73.3 Å². The Labute approximate surface area is 245 Å². The van der Waals surface area contributed by atoms with E-state index in [1.807, 2.05) is 30.1 Å². The fourth-order valence-corrected chi connectivity index (χ4v) is 8.66. The molecule has 2 N–H and O–H groups in total. The summed E-state index contributed by atoms with van der Waals surface area (Å²) in [4.78, 5) is 14.4. The predicted octanol–water partition coefficient (Wildman–Crippen LogP) is 6.30. The number of ketones is 1. The number of fused-ring (bicyclic) bond motifs is 1. The van der Waals surface area contributed by atoms with Crippen molar-refractivity contribution in [2.24, 2.45) is 11.8 Å². The van der Waals surface area contributed by atoms with Gasteiger partial charge in [-0.25, -0.2) is 0 Å². The molecule has 0 radical (unpaired) electrons. The third kappa shape index (κ3) is 5.91. The summed E-state index contributed by atoms with van der Waals surface area (Å²) in [6.45, 7) is 25.6. The Hall–Kier alpha value is -0.146. The number of rotatable bonds is 9. The van der Waals surface area contributed by atoms with Crippen molar-refractivity contribution in [3.8, 4) is 0 Å². The fourth-order valence-electron chi connectivity index (χ4n) is 5.96. The van der Waals surface area contributed by atoms with E-state index in [0.717, 1.165) is 5.57 Å². The second kappa shape index (κ2) is 10.6. The van der Waals surface area contributed by atoms with Crippen molar-refractivity contribution in [2.75, 3.05) is 6.61 Å². The zero-order valence-electron chi connectivity index (χ0n) is 25.0. The van der Waals surface area contributed by atoms with Crippen LogP contribution in [0, 0.1) is 11.8 Å². The lowest BCUT2D eigenvalue weighted by molar-refractivity contribution is -0.139. The van der Waals surface area contributed by atoms with Gasteiger partial charge in [-0.15, -0.1) is 0 Å². The van der Waals surface area contributed by atoms with E-state index >= 15 is 0 Å². The van der Waals surface area contributed by atoms with Gasteiger partial charge in [-0.3, -0.25) is 4.79 Å². The van der Waals surface area contributed by atoms with Crippen molar-refractivity contribution in [3.63, 3.8) is 0 Å². The molecule has 0 aromatic carbocycles. The highest BCUT2D eigenvalue weighted by molar-refractivity contribution is 14.1. The van der Waals surface area contributed by atoms with Gasteiger partial charge in [0, 0.05) is 12.8 Å². The molecule has 6 atom stereocenters. The number of ether oxygens (including phenoxy) is 1. The summed E-state index contributed by atoms with van der Waals surface area (Å²) in [5, 5.41) is 23.4. The van der Waals surface area contributed by atoms with Gasteiger partial charge in [0.15, 0.2) is 16.6 Å². The summed E-state index contributed by atoms with van der Waals surface area (Å²) in [6, 6.07) is 0. The molecule has 0 aromatic heterocycles. The molecule has 0 aromatic rings. The summed E-state index contributed by atoms with van der Waals surface area (Å²) in [5.41, 5.74) is -1.03. The molecule has 2 fully saturated rings. The first-order valence-corrected chi connectivity index (χ1v) is 21.3. The molecule has 0 amide bonds. The van der Waals surface area contributed by atoms with E-state index in [0.29, 0.717) is 31.4 Å². The quantitative estimate of drug-likeness (QED) is 0.129. The first kappa shape index (κ1) is 32.4. The van der Waals surface area contributed by atoms with Crippen molar-refractivity contribution < 1.29 is 28.6 Å². The predicted molar refractivity (Wildman–Crippen MR) is 166 cm³/mol. The number of carbonyl (C=O) groups is 1. The maximum absolute atomic E-state index is 14.4. The summed E-state index contributed by atoms with van der Waals surface area (Å²) in [6.07, 6.45) is 3.11. The molecule has 38 heavy (non-hydrogen) atoms. The number of halogens is 1. The molecule has 3 rings (SSSR count). The van der Waals surface area contributed by atoms with Crippen molar-refractivity contribution >= 4 is 45.0 Å². The third-order valence-corrected chi connectivity index (χ3v) is 15.1. The molecule has 0 bridgehead atoms. The van der Waals surface area contributed by atoms with Crippen LogP contribution >= 0.6 is 22.6 Å². The maximum Gasteiger partial charge on any atom is 0.192 e. The highest BCUT2D eigenvalue weighted by Gasteiger charge is 2.70. The van der Waals surface area contributed by atoms with Crippen molar-refractivity contribution in [1.29, 1.82) is 0 Å². The summed E-state index contributed by atoms with van der Waals surface area (Å²) in [5.74, 6) is -1.51. The third-order valence-electron chi connectivity index (χ3n) is 9.16. The Bertz CT molecular complexity index is 1010. The fraction of sp³-hybridized carbons (Fsp3) is 0.759. The first-order valence-electron chi connectivity index (χ1n) is 13.7. The van der Waals surface area contributed by atoms with E-state index in [1.54, 1.807) is 0 Å². The van der Waals surface area contributed by atoms with E-state index in [-0.39, 0.29) is 10.8 Å². The highest BCUT2D eigenvalue weighted by atomic mass is 127. The second-order valence-corrected chi connectivity index (χ2v) is 24.4. The zero-order valence-corrected chi connectivity index (χ0v) is 29.1. The Morgan fingerprint density at radius 3 is 2.32 bits per heavy atom. The topological polar surface area (TPSA) is 88.5 Å². The average Bonchev–Trinajstić information content (AvgIpc) is 3.29. The van der Waals surface area contributed by atoms with Gasteiger partial charge in [0.2, 0.25) is 0 Å². The summed E-state index contributed by atoms with van der Waals surface area (Å²) in [7, 11) is -4.31. The second-order valence-electron chi connectivity index (χ2n) is 14.5. The Morgan fingerprint density at radius 2 is 1.84 bits per heavy atom. The molecule has 1 saturated heterocycles. The SMILES string of the molecule is C=C1C[C@H]2C(=O)[C@H]([C@@H](O)[C@]3(C/C=C\I)OC3(C)C)C=C(CO[Si](C)(C)C(C)(C)C)C[C@]2(O[Si](C)(C)C)[C@@H]1O. The van der Waals surface area contributed by atoms with Crippen LogP contribution in [0.2, 0.25) is 37.8 Å². The Morgan fingerprint density at radius 1 is 1.26 bits per heavy atom. The van der Waals surface area contributed by atoms with E-state index in [2.05, 4.69) is 82.7 Å². The smallest absolute Gasteiger partial charge is 0.192 e. The number of aliphatic hydroxyl groups is 2. The van der Waals surface area contributed by atoms with E-state index in [1.165, 1.54) is 0 Å². The summed E-state index contributed by atoms with van der Waals surface area (Å²) < 4.78 is 21.5. The molecule has 9 heteroatoms. The maximum atomic E-state index is 14.4. The molecular weight excluding hydrogens is 627 g/mol. The van der Waals surface area contributed by atoms with E-state index < -0.39 is 57.5 Å². The van der Waals surface area contributed by atoms with Gasteiger partial charge in [0.05, 0.1) is 35.7 Å². The van der Waals surface area contributed by atoms with Crippen LogP contribution in [0.5, 0.6) is 0 Å². The molecule has 216 valence electrons.